The zero-order chi connectivity index (χ0) is 18.5. The van der Waals surface area contributed by atoms with E-state index in [1.807, 2.05) is 30.3 Å². The molecule has 0 aliphatic heterocycles. The van der Waals surface area contributed by atoms with Gasteiger partial charge in [0.15, 0.2) is 6.61 Å². The summed E-state index contributed by atoms with van der Waals surface area (Å²) in [5.74, 6) is -0.474. The van der Waals surface area contributed by atoms with Crippen LogP contribution in [0.4, 0.5) is 0 Å². The lowest BCUT2D eigenvalue weighted by molar-refractivity contribution is -0.139. The average Bonchev–Trinajstić information content (AvgIpc) is 2.99. The summed E-state index contributed by atoms with van der Waals surface area (Å²) in [5, 5.41) is 9.54. The van der Waals surface area contributed by atoms with Crippen molar-refractivity contribution >= 4 is 22.8 Å². The van der Waals surface area contributed by atoms with E-state index in [0.717, 1.165) is 16.7 Å². The molecule has 3 aromatic rings. The lowest BCUT2D eigenvalue weighted by Crippen LogP contribution is -2.19. The minimum absolute atomic E-state index is 0.342. The molecule has 0 bridgehead atoms. The average molecular weight is 354 g/mol. The van der Waals surface area contributed by atoms with Crippen LogP contribution in [0.2, 0.25) is 0 Å². The molecule has 3 N–H and O–H groups in total. The molecule has 134 valence electrons. The molecule has 0 spiro atoms. The Morgan fingerprint density at radius 2 is 1.77 bits per heavy atom. The van der Waals surface area contributed by atoms with Crippen molar-refractivity contribution < 1.29 is 24.2 Å². The van der Waals surface area contributed by atoms with Crippen LogP contribution < -0.4 is 15.2 Å². The van der Waals surface area contributed by atoms with E-state index in [1.54, 1.807) is 28.8 Å². The second-order valence-corrected chi connectivity index (χ2v) is 5.61. The number of nitrogens with two attached hydrogens (primary N) is 1. The summed E-state index contributed by atoms with van der Waals surface area (Å²) in [6.45, 7) is 0.305. The highest BCUT2D eigenvalue weighted by molar-refractivity contribution is 5.98. The number of benzene rings is 2. The molecule has 1 heterocycles. The fourth-order valence-electron chi connectivity index (χ4n) is 2.69. The third kappa shape index (κ3) is 3.94. The quantitative estimate of drug-likeness (QED) is 0.646. The van der Waals surface area contributed by atoms with Gasteiger partial charge in [-0.2, -0.15) is 0 Å². The van der Waals surface area contributed by atoms with E-state index in [2.05, 4.69) is 0 Å². The van der Waals surface area contributed by atoms with Gasteiger partial charge in [0.1, 0.15) is 23.8 Å². The van der Waals surface area contributed by atoms with E-state index in [4.69, 9.17) is 20.3 Å². The van der Waals surface area contributed by atoms with Gasteiger partial charge in [0, 0.05) is 11.5 Å². The summed E-state index contributed by atoms with van der Waals surface area (Å²) in [6, 6.07) is 16.1. The Labute approximate surface area is 149 Å². The maximum atomic E-state index is 11.8. The molecular weight excluding hydrogens is 336 g/mol. The van der Waals surface area contributed by atoms with Crippen LogP contribution in [0.5, 0.6) is 11.5 Å². The van der Waals surface area contributed by atoms with Crippen LogP contribution in [0.15, 0.2) is 54.6 Å². The van der Waals surface area contributed by atoms with Crippen LogP contribution >= 0.6 is 0 Å². The first-order valence-corrected chi connectivity index (χ1v) is 8.00. The number of fused-ring (bicyclic) bond motifs is 1. The molecule has 7 nitrogen and oxygen atoms in total. The smallest absolute Gasteiger partial charge is 0.341 e. The monoisotopic (exact) mass is 354 g/mol. The van der Waals surface area contributed by atoms with Gasteiger partial charge in [-0.25, -0.2) is 4.79 Å². The van der Waals surface area contributed by atoms with Gasteiger partial charge >= 0.3 is 5.97 Å². The van der Waals surface area contributed by atoms with Crippen molar-refractivity contribution in [3.05, 3.63) is 60.3 Å². The van der Waals surface area contributed by atoms with E-state index in [9.17, 15) is 9.59 Å². The van der Waals surface area contributed by atoms with Gasteiger partial charge in [0.25, 0.3) is 5.91 Å². The molecule has 0 saturated carbocycles. The number of carboxylic acid groups (broad SMARTS) is 1. The number of carboxylic acids is 1. The number of rotatable bonds is 8. The third-order valence-electron chi connectivity index (χ3n) is 3.82. The largest absolute Gasteiger partial charge is 0.492 e. The molecule has 0 saturated heterocycles. The standard InChI is InChI=1S/C19H18N2O5/c20-19(24)17-10-13-6-7-15(26-12-18(22)23)11-16(13)21(17)8-9-25-14-4-2-1-3-5-14/h1-7,10-11H,8-9,12H2,(H2,20,24)(H,22,23). The highest BCUT2D eigenvalue weighted by atomic mass is 16.5. The molecule has 0 unspecified atom stereocenters. The van der Waals surface area contributed by atoms with Crippen LogP contribution in [0, 0.1) is 0 Å². The van der Waals surface area contributed by atoms with Crippen molar-refractivity contribution in [2.24, 2.45) is 5.73 Å². The van der Waals surface area contributed by atoms with Crippen molar-refractivity contribution in [3.8, 4) is 11.5 Å². The van der Waals surface area contributed by atoms with E-state index < -0.39 is 18.5 Å². The summed E-state index contributed by atoms with van der Waals surface area (Å²) >= 11 is 0. The molecule has 2 aromatic carbocycles. The predicted octanol–water partition coefficient (Wildman–Crippen LogP) is 2.28. The number of aliphatic carboxylic acids is 1. The Kier molecular flexibility index (Phi) is 5.07. The van der Waals surface area contributed by atoms with Crippen LogP contribution in [0.3, 0.4) is 0 Å². The van der Waals surface area contributed by atoms with E-state index in [0.29, 0.717) is 24.6 Å². The van der Waals surface area contributed by atoms with Crippen molar-refractivity contribution in [2.45, 2.75) is 6.54 Å². The van der Waals surface area contributed by atoms with Crippen molar-refractivity contribution in [2.75, 3.05) is 13.2 Å². The highest BCUT2D eigenvalue weighted by Crippen LogP contribution is 2.25. The molecule has 3 rings (SSSR count). The molecule has 0 radical (unpaired) electrons. The second-order valence-electron chi connectivity index (χ2n) is 5.61. The number of hydrogen-bond donors (Lipinski definition) is 2. The molecule has 1 amide bonds. The predicted molar refractivity (Wildman–Crippen MR) is 95.5 cm³/mol. The van der Waals surface area contributed by atoms with E-state index in [1.165, 1.54) is 0 Å². The molecule has 26 heavy (non-hydrogen) atoms. The third-order valence-corrected chi connectivity index (χ3v) is 3.82. The summed E-state index contributed by atoms with van der Waals surface area (Å²) in [5.41, 5.74) is 6.56. The summed E-state index contributed by atoms with van der Waals surface area (Å²) in [6.07, 6.45) is 0. The topological polar surface area (TPSA) is 104 Å². The Bertz CT molecular complexity index is 934. The lowest BCUT2D eigenvalue weighted by atomic mass is 10.2. The zero-order valence-corrected chi connectivity index (χ0v) is 13.9. The second kappa shape index (κ2) is 7.60. The summed E-state index contributed by atoms with van der Waals surface area (Å²) in [4.78, 5) is 22.4. The normalized spacial score (nSPS) is 10.6. The van der Waals surface area contributed by atoms with Gasteiger partial charge in [0.2, 0.25) is 0 Å². The first kappa shape index (κ1) is 17.3. The number of para-hydroxylation sites is 1. The fourth-order valence-corrected chi connectivity index (χ4v) is 2.69. The van der Waals surface area contributed by atoms with Crippen LogP contribution in [0.25, 0.3) is 10.9 Å². The van der Waals surface area contributed by atoms with Crippen LogP contribution in [-0.2, 0) is 11.3 Å². The Morgan fingerprint density at radius 1 is 1.00 bits per heavy atom. The van der Waals surface area contributed by atoms with Crippen LogP contribution in [0.1, 0.15) is 10.5 Å². The minimum atomic E-state index is -1.06. The number of hydrogen-bond acceptors (Lipinski definition) is 4. The van der Waals surface area contributed by atoms with Crippen molar-refractivity contribution in [3.63, 3.8) is 0 Å². The molecule has 0 atom stereocenters. The number of primary amides is 1. The molecule has 0 aliphatic carbocycles. The Morgan fingerprint density at radius 3 is 2.46 bits per heavy atom. The minimum Gasteiger partial charge on any atom is -0.492 e. The maximum Gasteiger partial charge on any atom is 0.341 e. The number of carbonyl (C=O) groups is 2. The lowest BCUT2D eigenvalue weighted by Gasteiger charge is -2.11. The number of carbonyl (C=O) groups excluding carboxylic acids is 1. The molecule has 0 fully saturated rings. The van der Waals surface area contributed by atoms with Gasteiger partial charge in [0.05, 0.1) is 12.1 Å². The van der Waals surface area contributed by atoms with E-state index >= 15 is 0 Å². The molecule has 7 heteroatoms. The van der Waals surface area contributed by atoms with Gasteiger partial charge in [-0.3, -0.25) is 4.79 Å². The van der Waals surface area contributed by atoms with Gasteiger partial charge in [-0.05, 0) is 30.3 Å². The number of ether oxygens (including phenoxy) is 2. The SMILES string of the molecule is NC(=O)c1cc2ccc(OCC(=O)O)cc2n1CCOc1ccccc1. The summed E-state index contributed by atoms with van der Waals surface area (Å²) < 4.78 is 12.6. The van der Waals surface area contributed by atoms with Crippen molar-refractivity contribution in [1.82, 2.24) is 4.57 Å². The van der Waals surface area contributed by atoms with E-state index in [-0.39, 0.29) is 0 Å². The zero-order valence-electron chi connectivity index (χ0n) is 13.9. The molecular formula is C19H18N2O5. The molecule has 0 aliphatic rings. The number of nitrogens with zero attached hydrogens (tertiary/aromatic N) is 1. The Hall–Kier alpha value is -3.48. The first-order valence-electron chi connectivity index (χ1n) is 8.00. The highest BCUT2D eigenvalue weighted by Gasteiger charge is 2.14. The van der Waals surface area contributed by atoms with Gasteiger partial charge in [-0.15, -0.1) is 0 Å². The number of aromatic nitrogens is 1. The Balaban J connectivity index is 1.84. The fraction of sp³-hybridized carbons (Fsp3) is 0.158. The maximum absolute atomic E-state index is 11.8. The van der Waals surface area contributed by atoms with Gasteiger partial charge < -0.3 is 24.9 Å². The van der Waals surface area contributed by atoms with Crippen LogP contribution in [-0.4, -0.2) is 34.8 Å². The first-order chi connectivity index (χ1) is 12.5. The molecule has 1 aromatic heterocycles. The summed E-state index contributed by atoms with van der Waals surface area (Å²) in [7, 11) is 0. The van der Waals surface area contributed by atoms with Gasteiger partial charge in [-0.1, -0.05) is 18.2 Å². The van der Waals surface area contributed by atoms with Crippen molar-refractivity contribution in [1.29, 1.82) is 0 Å². The number of amides is 1.